The monoisotopic (exact) mass is 291 g/mol. The van der Waals surface area contributed by atoms with Crippen LogP contribution in [0.25, 0.3) is 5.69 Å². The number of halogens is 1. The van der Waals surface area contributed by atoms with Gasteiger partial charge >= 0.3 is 0 Å². The maximum absolute atomic E-state index is 6.11. The zero-order valence-corrected chi connectivity index (χ0v) is 11.0. The molecule has 88 valence electrons. The number of nitrogens with two attached hydrogens (primary N) is 1. The lowest BCUT2D eigenvalue weighted by molar-refractivity contribution is 0.672. The van der Waals surface area contributed by atoms with Crippen LogP contribution in [-0.4, -0.2) is 15.3 Å². The third-order valence-corrected chi connectivity index (χ3v) is 3.85. The van der Waals surface area contributed by atoms with Gasteiger partial charge in [-0.2, -0.15) is 5.10 Å². The molecule has 0 atom stereocenters. The molecule has 1 aromatic heterocycles. The zero-order valence-electron chi connectivity index (χ0n) is 9.44. The normalized spacial score (nSPS) is 17.1. The van der Waals surface area contributed by atoms with E-state index in [9.17, 15) is 0 Å². The Morgan fingerprint density at radius 3 is 2.82 bits per heavy atom. The number of para-hydroxylation sites is 1. The van der Waals surface area contributed by atoms with Crippen LogP contribution in [0.15, 0.2) is 41.1 Å². The van der Waals surface area contributed by atoms with Gasteiger partial charge in [0.2, 0.25) is 0 Å². The molecular weight excluding hydrogens is 278 g/mol. The summed E-state index contributed by atoms with van der Waals surface area (Å²) in [5, 5.41) is 4.39. The average Bonchev–Trinajstić information content (AvgIpc) is 2.86. The molecule has 0 aliphatic heterocycles. The molecule has 1 heterocycles. The summed E-state index contributed by atoms with van der Waals surface area (Å²) in [6.45, 7) is 0. The lowest BCUT2D eigenvalue weighted by Crippen LogP contribution is -2.24. The van der Waals surface area contributed by atoms with Crippen LogP contribution >= 0.6 is 15.9 Å². The fraction of sp³-hybridized carbons (Fsp3) is 0.308. The summed E-state index contributed by atoms with van der Waals surface area (Å²) in [6.07, 6.45) is 7.16. The highest BCUT2D eigenvalue weighted by Gasteiger charge is 2.38. The molecule has 3 nitrogen and oxygen atoms in total. The first-order valence-electron chi connectivity index (χ1n) is 5.74. The van der Waals surface area contributed by atoms with E-state index in [1.165, 1.54) is 5.56 Å². The van der Waals surface area contributed by atoms with Gasteiger partial charge in [-0.3, -0.25) is 0 Å². The largest absolute Gasteiger partial charge is 0.325 e. The van der Waals surface area contributed by atoms with Crippen LogP contribution in [0.1, 0.15) is 18.4 Å². The highest BCUT2D eigenvalue weighted by Crippen LogP contribution is 2.35. The van der Waals surface area contributed by atoms with Gasteiger partial charge in [-0.25, -0.2) is 4.68 Å². The number of aromatic nitrogens is 2. The minimum atomic E-state index is 0.0434. The molecule has 0 spiro atoms. The molecule has 0 unspecified atom stereocenters. The molecule has 1 aliphatic rings. The molecule has 3 rings (SSSR count). The molecule has 1 aliphatic carbocycles. The SMILES string of the molecule is NC1(Cc2cnn(-c3ccccc3Br)c2)CC1. The number of rotatable bonds is 3. The minimum absolute atomic E-state index is 0.0434. The van der Waals surface area contributed by atoms with Crippen molar-refractivity contribution in [3.63, 3.8) is 0 Å². The summed E-state index contributed by atoms with van der Waals surface area (Å²) in [4.78, 5) is 0. The van der Waals surface area contributed by atoms with Crippen LogP contribution in [0.4, 0.5) is 0 Å². The van der Waals surface area contributed by atoms with Crippen molar-refractivity contribution >= 4 is 15.9 Å². The van der Waals surface area contributed by atoms with E-state index in [-0.39, 0.29) is 5.54 Å². The van der Waals surface area contributed by atoms with Crippen LogP contribution in [-0.2, 0) is 6.42 Å². The van der Waals surface area contributed by atoms with Gasteiger partial charge in [0, 0.05) is 16.2 Å². The van der Waals surface area contributed by atoms with E-state index >= 15 is 0 Å². The average molecular weight is 292 g/mol. The molecule has 1 fully saturated rings. The van der Waals surface area contributed by atoms with Crippen LogP contribution < -0.4 is 5.73 Å². The Bertz CT molecular complexity index is 543. The molecule has 0 saturated heterocycles. The van der Waals surface area contributed by atoms with Gasteiger partial charge in [0.15, 0.2) is 0 Å². The first-order chi connectivity index (χ1) is 8.16. The molecule has 0 bridgehead atoms. The smallest absolute Gasteiger partial charge is 0.0787 e. The minimum Gasteiger partial charge on any atom is -0.325 e. The summed E-state index contributed by atoms with van der Waals surface area (Å²) < 4.78 is 2.94. The van der Waals surface area contributed by atoms with E-state index in [4.69, 9.17) is 5.73 Å². The maximum atomic E-state index is 6.11. The predicted molar refractivity (Wildman–Crippen MR) is 71.1 cm³/mol. The number of hydrogen-bond donors (Lipinski definition) is 1. The van der Waals surface area contributed by atoms with Crippen molar-refractivity contribution in [1.29, 1.82) is 0 Å². The third kappa shape index (κ3) is 2.28. The van der Waals surface area contributed by atoms with Gasteiger partial charge in [-0.1, -0.05) is 12.1 Å². The second kappa shape index (κ2) is 3.96. The summed E-state index contributed by atoms with van der Waals surface area (Å²) in [6, 6.07) is 8.06. The first-order valence-corrected chi connectivity index (χ1v) is 6.53. The molecule has 4 heteroatoms. The Morgan fingerprint density at radius 1 is 1.35 bits per heavy atom. The van der Waals surface area contributed by atoms with E-state index in [0.717, 1.165) is 29.4 Å². The Kier molecular flexibility index (Phi) is 2.56. The van der Waals surface area contributed by atoms with Crippen LogP contribution in [0, 0.1) is 0 Å². The summed E-state index contributed by atoms with van der Waals surface area (Å²) in [7, 11) is 0. The molecule has 1 aromatic carbocycles. The molecule has 2 aromatic rings. The van der Waals surface area contributed by atoms with Gasteiger partial charge in [-0.05, 0) is 52.9 Å². The second-order valence-electron chi connectivity index (χ2n) is 4.78. The van der Waals surface area contributed by atoms with E-state index in [1.54, 1.807) is 0 Å². The molecular formula is C13H14BrN3. The van der Waals surface area contributed by atoms with Crippen LogP contribution in [0.3, 0.4) is 0 Å². The zero-order chi connectivity index (χ0) is 11.9. The van der Waals surface area contributed by atoms with Gasteiger partial charge in [0.25, 0.3) is 0 Å². The van der Waals surface area contributed by atoms with E-state index < -0.39 is 0 Å². The van der Waals surface area contributed by atoms with Gasteiger partial charge in [-0.15, -0.1) is 0 Å². The lowest BCUT2D eigenvalue weighted by atomic mass is 10.1. The Labute approximate surface area is 109 Å². The Hall–Kier alpha value is -1.13. The van der Waals surface area contributed by atoms with E-state index in [1.807, 2.05) is 35.1 Å². The van der Waals surface area contributed by atoms with Crippen LogP contribution in [0.5, 0.6) is 0 Å². The van der Waals surface area contributed by atoms with Crippen LogP contribution in [0.2, 0.25) is 0 Å². The van der Waals surface area contributed by atoms with Crippen molar-refractivity contribution in [3.05, 3.63) is 46.7 Å². The van der Waals surface area contributed by atoms with Crippen molar-refractivity contribution in [2.45, 2.75) is 24.8 Å². The third-order valence-electron chi connectivity index (χ3n) is 3.18. The quantitative estimate of drug-likeness (QED) is 0.945. The summed E-state index contributed by atoms with van der Waals surface area (Å²) in [5.41, 5.74) is 8.42. The van der Waals surface area contributed by atoms with Crippen molar-refractivity contribution in [2.24, 2.45) is 5.73 Å². The predicted octanol–water partition coefficient (Wildman–Crippen LogP) is 2.67. The number of benzene rings is 1. The van der Waals surface area contributed by atoms with E-state index in [0.29, 0.717) is 0 Å². The van der Waals surface area contributed by atoms with Gasteiger partial charge in [0.05, 0.1) is 11.9 Å². The Balaban J connectivity index is 1.87. The maximum Gasteiger partial charge on any atom is 0.0787 e. The number of nitrogens with zero attached hydrogens (tertiary/aromatic N) is 2. The molecule has 2 N–H and O–H groups in total. The fourth-order valence-electron chi connectivity index (χ4n) is 1.96. The fourth-order valence-corrected chi connectivity index (χ4v) is 2.43. The molecule has 0 radical (unpaired) electrons. The van der Waals surface area contributed by atoms with Crippen molar-refractivity contribution < 1.29 is 0 Å². The number of hydrogen-bond acceptors (Lipinski definition) is 2. The second-order valence-corrected chi connectivity index (χ2v) is 5.64. The van der Waals surface area contributed by atoms with Crippen molar-refractivity contribution in [3.8, 4) is 5.69 Å². The highest BCUT2D eigenvalue weighted by atomic mass is 79.9. The van der Waals surface area contributed by atoms with Gasteiger partial charge < -0.3 is 5.73 Å². The molecule has 0 amide bonds. The van der Waals surface area contributed by atoms with E-state index in [2.05, 4.69) is 27.2 Å². The Morgan fingerprint density at radius 2 is 2.12 bits per heavy atom. The van der Waals surface area contributed by atoms with Gasteiger partial charge in [0.1, 0.15) is 0 Å². The topological polar surface area (TPSA) is 43.8 Å². The summed E-state index contributed by atoms with van der Waals surface area (Å²) in [5.74, 6) is 0. The summed E-state index contributed by atoms with van der Waals surface area (Å²) >= 11 is 3.53. The highest BCUT2D eigenvalue weighted by molar-refractivity contribution is 9.10. The lowest BCUT2D eigenvalue weighted by Gasteiger charge is -2.05. The van der Waals surface area contributed by atoms with Crippen molar-refractivity contribution in [2.75, 3.05) is 0 Å². The first kappa shape index (κ1) is 11.0. The standard InChI is InChI=1S/C13H14BrN3/c14-11-3-1-2-4-12(11)17-9-10(8-16-17)7-13(15)5-6-13/h1-4,8-9H,5-7,15H2. The van der Waals surface area contributed by atoms with Crippen molar-refractivity contribution in [1.82, 2.24) is 9.78 Å². The molecule has 17 heavy (non-hydrogen) atoms. The molecule has 1 saturated carbocycles.